The molecule has 0 radical (unpaired) electrons. The fourth-order valence-corrected chi connectivity index (χ4v) is 2.88. The average molecular weight is 260 g/mol. The molecule has 19 heavy (non-hydrogen) atoms. The molecule has 3 heteroatoms. The summed E-state index contributed by atoms with van der Waals surface area (Å²) in [6.45, 7) is 1.84. The zero-order chi connectivity index (χ0) is 13.6. The average Bonchev–Trinajstić information content (AvgIpc) is 2.73. The van der Waals surface area contributed by atoms with Gasteiger partial charge in [-0.1, -0.05) is 23.8 Å². The fraction of sp³-hybridized carbons (Fsp3) is 0.250. The van der Waals surface area contributed by atoms with Crippen molar-refractivity contribution >= 4 is 0 Å². The molecular weight excluding hydrogens is 246 g/mol. The zero-order valence-corrected chi connectivity index (χ0v) is 10.6. The predicted octanol–water partition coefficient (Wildman–Crippen LogP) is 3.46. The van der Waals surface area contributed by atoms with Crippen molar-refractivity contribution in [3.8, 4) is 0 Å². The van der Waals surface area contributed by atoms with Crippen molar-refractivity contribution in [1.82, 2.24) is 0 Å². The lowest BCUT2D eigenvalue weighted by Crippen LogP contribution is -2.25. The summed E-state index contributed by atoms with van der Waals surface area (Å²) in [7, 11) is 0. The van der Waals surface area contributed by atoms with Crippen LogP contribution in [0.5, 0.6) is 0 Å². The number of hydrogen-bond donors (Lipinski definition) is 1. The minimum absolute atomic E-state index is 0.233. The Balaban J connectivity index is 2.22. The first-order chi connectivity index (χ1) is 9.02. The molecule has 0 bridgehead atoms. The lowest BCUT2D eigenvalue weighted by atomic mass is 9.86. The van der Waals surface area contributed by atoms with Gasteiger partial charge in [0, 0.05) is 5.56 Å². The lowest BCUT2D eigenvalue weighted by molar-refractivity contribution is 0.0788. The van der Waals surface area contributed by atoms with E-state index in [1.165, 1.54) is 12.1 Å². The third kappa shape index (κ3) is 1.77. The largest absolute Gasteiger partial charge is 0.380 e. The van der Waals surface area contributed by atoms with E-state index < -0.39 is 11.4 Å². The molecule has 0 aliphatic heterocycles. The highest BCUT2D eigenvalue weighted by atomic mass is 19.1. The first-order valence-electron chi connectivity index (χ1n) is 6.29. The summed E-state index contributed by atoms with van der Waals surface area (Å²) in [4.78, 5) is 0. The number of fused-ring (bicyclic) bond motifs is 1. The second kappa shape index (κ2) is 4.14. The van der Waals surface area contributed by atoms with Crippen molar-refractivity contribution < 1.29 is 13.9 Å². The van der Waals surface area contributed by atoms with Crippen LogP contribution in [0.15, 0.2) is 36.4 Å². The van der Waals surface area contributed by atoms with Crippen LogP contribution >= 0.6 is 0 Å². The van der Waals surface area contributed by atoms with E-state index in [1.54, 1.807) is 24.3 Å². The molecule has 2 aromatic rings. The summed E-state index contributed by atoms with van der Waals surface area (Å²) in [6, 6.07) is 9.24. The molecule has 1 aliphatic carbocycles. The molecule has 3 rings (SSSR count). The molecule has 1 atom stereocenters. The lowest BCUT2D eigenvalue weighted by Gasteiger charge is -2.25. The quantitative estimate of drug-likeness (QED) is 0.832. The Morgan fingerprint density at radius 3 is 2.63 bits per heavy atom. The third-order valence-corrected chi connectivity index (χ3v) is 3.87. The van der Waals surface area contributed by atoms with Crippen molar-refractivity contribution in [2.45, 2.75) is 25.4 Å². The normalized spacial score (nSPS) is 21.5. The van der Waals surface area contributed by atoms with Crippen molar-refractivity contribution in [2.75, 3.05) is 0 Å². The van der Waals surface area contributed by atoms with Crippen LogP contribution in [-0.4, -0.2) is 5.11 Å². The van der Waals surface area contributed by atoms with Crippen molar-refractivity contribution in [3.05, 3.63) is 70.3 Å². The number of benzene rings is 2. The van der Waals surface area contributed by atoms with Gasteiger partial charge in [0.1, 0.15) is 17.2 Å². The van der Waals surface area contributed by atoms with E-state index in [0.29, 0.717) is 24.0 Å². The van der Waals surface area contributed by atoms with E-state index in [4.69, 9.17) is 0 Å². The van der Waals surface area contributed by atoms with Crippen molar-refractivity contribution in [3.63, 3.8) is 0 Å². The minimum atomic E-state index is -1.42. The number of halogens is 2. The second-order valence-electron chi connectivity index (χ2n) is 5.11. The monoisotopic (exact) mass is 260 g/mol. The van der Waals surface area contributed by atoms with Crippen LogP contribution in [0.3, 0.4) is 0 Å². The van der Waals surface area contributed by atoms with Crippen molar-refractivity contribution in [2.24, 2.45) is 0 Å². The maximum atomic E-state index is 14.0. The molecule has 0 saturated carbocycles. The van der Waals surface area contributed by atoms with Crippen LogP contribution in [-0.2, 0) is 12.0 Å². The van der Waals surface area contributed by atoms with E-state index in [2.05, 4.69) is 0 Å². The maximum absolute atomic E-state index is 14.0. The number of aryl methyl sites for hydroxylation is 1. The predicted molar refractivity (Wildman–Crippen MR) is 68.9 cm³/mol. The molecule has 0 amide bonds. The van der Waals surface area contributed by atoms with Crippen LogP contribution in [0.2, 0.25) is 0 Å². The van der Waals surface area contributed by atoms with E-state index >= 15 is 0 Å². The molecule has 1 nitrogen and oxygen atoms in total. The molecule has 0 saturated heterocycles. The number of rotatable bonds is 1. The van der Waals surface area contributed by atoms with Gasteiger partial charge in [-0.3, -0.25) is 0 Å². The summed E-state index contributed by atoms with van der Waals surface area (Å²) in [5.41, 5.74) is 0.655. The molecule has 1 aliphatic rings. The Morgan fingerprint density at radius 1 is 1.05 bits per heavy atom. The Kier molecular flexibility index (Phi) is 2.68. The van der Waals surface area contributed by atoms with Gasteiger partial charge in [-0.05, 0) is 49.1 Å². The van der Waals surface area contributed by atoms with Gasteiger partial charge in [-0.2, -0.15) is 0 Å². The van der Waals surface area contributed by atoms with Gasteiger partial charge >= 0.3 is 0 Å². The van der Waals surface area contributed by atoms with Crippen LogP contribution < -0.4 is 0 Å². The molecule has 0 heterocycles. The highest BCUT2D eigenvalue weighted by Gasteiger charge is 2.41. The van der Waals surface area contributed by atoms with Gasteiger partial charge in [-0.15, -0.1) is 0 Å². The van der Waals surface area contributed by atoms with Gasteiger partial charge in [0.15, 0.2) is 0 Å². The third-order valence-electron chi connectivity index (χ3n) is 3.87. The Bertz CT molecular complexity index is 651. The Labute approximate surface area is 110 Å². The summed E-state index contributed by atoms with van der Waals surface area (Å²) in [6.07, 6.45) is 0.732. The Morgan fingerprint density at radius 2 is 1.84 bits per heavy atom. The summed E-state index contributed by atoms with van der Waals surface area (Å²) >= 11 is 0. The van der Waals surface area contributed by atoms with Gasteiger partial charge in [0.2, 0.25) is 0 Å². The van der Waals surface area contributed by atoms with Crippen LogP contribution in [0.1, 0.15) is 28.7 Å². The minimum Gasteiger partial charge on any atom is -0.380 e. The Hall–Kier alpha value is -1.74. The molecule has 0 aromatic heterocycles. The topological polar surface area (TPSA) is 20.2 Å². The first-order valence-corrected chi connectivity index (χ1v) is 6.29. The second-order valence-corrected chi connectivity index (χ2v) is 5.11. The molecule has 0 fully saturated rings. The maximum Gasteiger partial charge on any atom is 0.129 e. The molecule has 98 valence electrons. The zero-order valence-electron chi connectivity index (χ0n) is 10.6. The summed E-state index contributed by atoms with van der Waals surface area (Å²) in [5, 5.41) is 10.8. The fourth-order valence-electron chi connectivity index (χ4n) is 2.88. The van der Waals surface area contributed by atoms with Gasteiger partial charge in [0.05, 0.1) is 0 Å². The van der Waals surface area contributed by atoms with Gasteiger partial charge in [0.25, 0.3) is 0 Å². The first kappa shape index (κ1) is 12.3. The van der Waals surface area contributed by atoms with Crippen LogP contribution in [0.4, 0.5) is 8.78 Å². The summed E-state index contributed by atoms with van der Waals surface area (Å²) < 4.78 is 27.7. The van der Waals surface area contributed by atoms with E-state index in [-0.39, 0.29) is 11.4 Å². The van der Waals surface area contributed by atoms with E-state index in [1.807, 2.05) is 6.92 Å². The standard InChI is InChI=1S/C16H14F2O/c1-10-5-6-15(18)13(9-10)16(19)8-7-11-12(16)3-2-4-14(11)17/h2-6,9,19H,7-8H2,1H3. The number of aliphatic hydroxyl groups is 1. The highest BCUT2D eigenvalue weighted by Crippen LogP contribution is 2.43. The van der Waals surface area contributed by atoms with Gasteiger partial charge in [-0.25, -0.2) is 8.78 Å². The van der Waals surface area contributed by atoms with Crippen molar-refractivity contribution in [1.29, 1.82) is 0 Å². The summed E-state index contributed by atoms with van der Waals surface area (Å²) in [5.74, 6) is -0.785. The molecule has 1 N–H and O–H groups in total. The highest BCUT2D eigenvalue weighted by molar-refractivity contribution is 5.46. The molecule has 0 spiro atoms. The SMILES string of the molecule is Cc1ccc(F)c(C2(O)CCc3c(F)cccc32)c1. The smallest absolute Gasteiger partial charge is 0.129 e. The van der Waals surface area contributed by atoms with Crippen LogP contribution in [0, 0.1) is 18.6 Å². The molecule has 1 unspecified atom stereocenters. The molecular formula is C16H14F2O. The van der Waals surface area contributed by atoms with E-state index in [9.17, 15) is 13.9 Å². The van der Waals surface area contributed by atoms with Gasteiger partial charge < -0.3 is 5.11 Å². The van der Waals surface area contributed by atoms with E-state index in [0.717, 1.165) is 5.56 Å². The van der Waals surface area contributed by atoms with Crippen LogP contribution in [0.25, 0.3) is 0 Å². The number of hydrogen-bond acceptors (Lipinski definition) is 1. The molecule has 2 aromatic carbocycles.